The van der Waals surface area contributed by atoms with E-state index < -0.39 is 145 Å². The van der Waals surface area contributed by atoms with Crippen LogP contribution in [0.4, 0.5) is 0 Å². The van der Waals surface area contributed by atoms with Crippen molar-refractivity contribution in [1.29, 1.82) is 0 Å². The van der Waals surface area contributed by atoms with E-state index in [1.54, 1.807) is 0 Å². The first-order chi connectivity index (χ1) is 50.6. The van der Waals surface area contributed by atoms with Crippen molar-refractivity contribution in [2.75, 3.05) is 52.5 Å². The van der Waals surface area contributed by atoms with Crippen molar-refractivity contribution in [3.05, 3.63) is 71.8 Å². The number of nitrogens with two attached hydrogens (primary N) is 2. The first-order valence-electron chi connectivity index (χ1n) is 38.4. The predicted molar refractivity (Wildman–Crippen MR) is 397 cm³/mol. The number of carbonyl (C=O) groups excluding carboxylic acids is 12. The maximum absolute atomic E-state index is 14.4. The average Bonchev–Trinajstić information content (AvgIpc) is 1.69. The SMILES string of the molecule is CC(C)C[C@@H](CC(=O)N[C@@H](CO)CC(=O)N[C@H](CC(=O)N[C@H]1CNC[C@@H]1C(=O)N[C@H](CC(=O)N[C@@H](CO)CC(=O)N[C@H]1CNC[C@@H]1C(N)=O)CC(C)C)CC(C)C)NC(=O)C[C@H](Cc1ccccc1)NC(=O)[C@H]1CNC[C@@H]1NC(=O)C[C@H](Cc1ccccc1)NC(=O)[C@H]1CCC[C@@H]1NC(=O)[C@H]1CCC[C@@H]1N. The molecule has 106 heavy (non-hydrogen) atoms. The minimum absolute atomic E-state index is 0.0173. The van der Waals surface area contributed by atoms with Crippen LogP contribution in [0.5, 0.6) is 0 Å². The van der Waals surface area contributed by atoms with Gasteiger partial charge in [0.05, 0.1) is 73.0 Å². The van der Waals surface area contributed by atoms with Gasteiger partial charge < -0.3 is 96.1 Å². The smallest absolute Gasteiger partial charge is 0.226 e. The summed E-state index contributed by atoms with van der Waals surface area (Å²) in [5, 5.41) is 62.5. The van der Waals surface area contributed by atoms with Crippen LogP contribution in [0.2, 0.25) is 0 Å². The Morgan fingerprint density at radius 3 is 1.10 bits per heavy atom. The van der Waals surface area contributed by atoms with E-state index in [0.717, 1.165) is 36.8 Å². The van der Waals surface area contributed by atoms with Crippen molar-refractivity contribution in [3.63, 3.8) is 0 Å². The second-order valence-corrected chi connectivity index (χ2v) is 31.3. The number of hydrogen-bond donors (Lipinski definition) is 18. The normalized spacial score (nSPS) is 24.0. The lowest BCUT2D eigenvalue weighted by Crippen LogP contribution is -2.52. The van der Waals surface area contributed by atoms with E-state index in [0.29, 0.717) is 58.2 Å². The molecular weight excluding hydrogens is 1360 g/mol. The van der Waals surface area contributed by atoms with E-state index >= 15 is 0 Å². The van der Waals surface area contributed by atoms with Crippen LogP contribution < -0.4 is 85.9 Å². The lowest BCUT2D eigenvalue weighted by Gasteiger charge is -2.27. The zero-order chi connectivity index (χ0) is 77.0. The van der Waals surface area contributed by atoms with E-state index in [1.165, 1.54) is 0 Å². The summed E-state index contributed by atoms with van der Waals surface area (Å²) in [5.74, 6) is -7.69. The van der Waals surface area contributed by atoms with Gasteiger partial charge in [-0.3, -0.25) is 57.5 Å². The first kappa shape index (κ1) is 85.1. The van der Waals surface area contributed by atoms with Crippen LogP contribution in [0.25, 0.3) is 0 Å². The number of aliphatic hydroxyl groups excluding tert-OH is 2. The van der Waals surface area contributed by atoms with E-state index in [1.807, 2.05) is 102 Å². The van der Waals surface area contributed by atoms with Gasteiger partial charge in [-0.05, 0) is 86.7 Å². The molecule has 0 aromatic heterocycles. The minimum atomic E-state index is -1.04. The molecule has 0 radical (unpaired) electrons. The lowest BCUT2D eigenvalue weighted by atomic mass is 9.96. The second kappa shape index (κ2) is 43.0. The topological polar surface area (TPSA) is 466 Å². The molecule has 0 spiro atoms. The monoisotopic (exact) mass is 1480 g/mol. The molecule has 3 saturated heterocycles. The van der Waals surface area contributed by atoms with Crippen molar-refractivity contribution in [3.8, 4) is 0 Å². The highest BCUT2D eigenvalue weighted by Crippen LogP contribution is 2.30. The number of benzene rings is 2. The molecule has 30 heteroatoms. The number of hydrogen-bond acceptors (Lipinski definition) is 18. The Kier molecular flexibility index (Phi) is 34.5. The highest BCUT2D eigenvalue weighted by Gasteiger charge is 2.42. The third-order valence-corrected chi connectivity index (χ3v) is 20.7. The largest absolute Gasteiger partial charge is 0.394 e. The minimum Gasteiger partial charge on any atom is -0.394 e. The third kappa shape index (κ3) is 28.5. The zero-order valence-corrected chi connectivity index (χ0v) is 62.7. The Hall–Kier alpha value is -8.16. The molecule has 588 valence electrons. The van der Waals surface area contributed by atoms with Crippen LogP contribution in [0, 0.1) is 47.3 Å². The molecular formula is C76H120N16O14. The maximum atomic E-state index is 14.4. The van der Waals surface area contributed by atoms with E-state index in [4.69, 9.17) is 11.5 Å². The van der Waals surface area contributed by atoms with Crippen LogP contribution >= 0.6 is 0 Å². The molecule has 2 aliphatic carbocycles. The Morgan fingerprint density at radius 1 is 0.368 bits per heavy atom. The second-order valence-electron chi connectivity index (χ2n) is 31.3. The molecule has 2 aromatic carbocycles. The molecule has 7 rings (SSSR count). The first-order valence-corrected chi connectivity index (χ1v) is 38.4. The molecule has 30 nitrogen and oxygen atoms in total. The van der Waals surface area contributed by atoms with Crippen molar-refractivity contribution in [2.45, 2.75) is 230 Å². The van der Waals surface area contributed by atoms with Crippen molar-refractivity contribution < 1.29 is 67.7 Å². The molecule has 5 fully saturated rings. The van der Waals surface area contributed by atoms with Gasteiger partial charge in [0.1, 0.15) is 0 Å². The third-order valence-electron chi connectivity index (χ3n) is 20.7. The number of amides is 12. The van der Waals surface area contributed by atoms with Gasteiger partial charge in [0.25, 0.3) is 0 Å². The number of rotatable bonds is 42. The molecule has 0 unspecified atom stereocenters. The quantitative estimate of drug-likeness (QED) is 0.0368. The van der Waals surface area contributed by atoms with Gasteiger partial charge in [-0.1, -0.05) is 115 Å². The molecule has 3 aliphatic heterocycles. The summed E-state index contributed by atoms with van der Waals surface area (Å²) < 4.78 is 0. The van der Waals surface area contributed by atoms with Gasteiger partial charge in [-0.15, -0.1) is 0 Å². The summed E-state index contributed by atoms with van der Waals surface area (Å²) in [6.07, 6.45) is 4.89. The van der Waals surface area contributed by atoms with Crippen LogP contribution in [0.3, 0.4) is 0 Å². The fraction of sp³-hybridized carbons (Fsp3) is 0.684. The fourth-order valence-electron chi connectivity index (χ4n) is 15.6. The Balaban J connectivity index is 0.887. The van der Waals surface area contributed by atoms with Crippen LogP contribution in [0.1, 0.15) is 155 Å². The van der Waals surface area contributed by atoms with Crippen LogP contribution in [0.15, 0.2) is 60.7 Å². The Labute approximate surface area is 623 Å². The molecule has 2 aromatic rings. The summed E-state index contributed by atoms with van der Waals surface area (Å²) in [7, 11) is 0. The van der Waals surface area contributed by atoms with E-state index in [2.05, 4.69) is 74.4 Å². The van der Waals surface area contributed by atoms with Crippen molar-refractivity contribution in [1.82, 2.24) is 74.4 Å². The lowest BCUT2D eigenvalue weighted by molar-refractivity contribution is -0.130. The molecule has 0 bridgehead atoms. The predicted octanol–water partition coefficient (Wildman–Crippen LogP) is -1.27. The number of carbonyl (C=O) groups is 12. The Morgan fingerprint density at radius 2 is 0.698 bits per heavy atom. The van der Waals surface area contributed by atoms with Crippen molar-refractivity contribution >= 4 is 70.9 Å². The summed E-state index contributed by atoms with van der Waals surface area (Å²) in [6.45, 7) is 12.2. The van der Waals surface area contributed by atoms with E-state index in [-0.39, 0.29) is 130 Å². The Bertz CT molecular complexity index is 3240. The van der Waals surface area contributed by atoms with Gasteiger partial charge in [0.2, 0.25) is 70.9 Å². The standard InChI is InChI=1S/C76H120N16O14/c1-43(2)23-48(28-66(96)84-53(41-93)33-68(98)83-49(24-44(3)4)29-69(99)90-63-39-80-36-58(63)75(105)86-50(25-45(5)6)30-67(97)85-54(42-94)34-71(101)89-62-38-79-35-57(62)72(78)102)82-65(95)31-51(26-46-15-9-7-10-16-46)88-76(106)59-37-81-40-64(59)91-70(100)32-52(27-47-17-11-8-12-18-47)87-74(104)56-20-14-22-61(56)92-73(103)55-19-13-21-60(55)77/h7-12,15-18,43-45,48-64,79-81,93-94H,13-14,19-42,77H2,1-6H3,(H2,78,102)(H,82,95)(H,83,98)(H,84,96)(H,85,97)(H,86,105)(H,87,104)(H,88,106)(H,89,101)(H,90,99)(H,91,100)(H,92,103)/t48-,49-,50-,51-,52-,53+,54+,55-,56-,57-,58-,59-,60-,61-,62-,63-,64-/m0/s1. The van der Waals surface area contributed by atoms with Gasteiger partial charge in [-0.2, -0.15) is 0 Å². The van der Waals surface area contributed by atoms with Crippen LogP contribution in [-0.4, -0.2) is 206 Å². The summed E-state index contributed by atoms with van der Waals surface area (Å²) in [6, 6.07) is 11.2. The van der Waals surface area contributed by atoms with Crippen molar-refractivity contribution in [2.24, 2.45) is 58.8 Å². The van der Waals surface area contributed by atoms with Gasteiger partial charge >= 0.3 is 0 Å². The molecule has 2 saturated carbocycles. The van der Waals surface area contributed by atoms with Gasteiger partial charge in [0, 0.05) is 127 Å². The number of primary amides is 1. The number of aliphatic hydroxyl groups is 2. The molecule has 5 aliphatic rings. The van der Waals surface area contributed by atoms with Gasteiger partial charge in [0.15, 0.2) is 0 Å². The highest BCUT2D eigenvalue weighted by atomic mass is 16.3. The average molecular weight is 1480 g/mol. The molecule has 3 heterocycles. The summed E-state index contributed by atoms with van der Waals surface area (Å²) >= 11 is 0. The zero-order valence-electron chi connectivity index (χ0n) is 62.7. The number of nitrogens with one attached hydrogen (secondary N) is 14. The maximum Gasteiger partial charge on any atom is 0.226 e. The summed E-state index contributed by atoms with van der Waals surface area (Å²) in [4.78, 5) is 163. The van der Waals surface area contributed by atoms with Crippen LogP contribution in [-0.2, 0) is 70.4 Å². The highest BCUT2D eigenvalue weighted by molar-refractivity contribution is 5.88. The molecule has 20 N–H and O–H groups in total. The molecule has 17 atom stereocenters. The van der Waals surface area contributed by atoms with Gasteiger partial charge in [-0.25, -0.2) is 0 Å². The molecule has 12 amide bonds. The van der Waals surface area contributed by atoms with E-state index in [9.17, 15) is 67.7 Å². The fourth-order valence-corrected chi connectivity index (χ4v) is 15.6. The summed E-state index contributed by atoms with van der Waals surface area (Å²) in [5.41, 5.74) is 13.5.